The lowest BCUT2D eigenvalue weighted by Crippen LogP contribution is -2.53. The van der Waals surface area contributed by atoms with Gasteiger partial charge in [0.25, 0.3) is 10.0 Å². The standard InChI is InChI=1S/C34H37N3O6S/c1-25-13-15-28(16-14-25)37(44(40,41)31-19-17-29(42-3)18-20-31)24-33(38)36(23-27-11-8-12-30(21-27)43-4)32(34(39)35-2)22-26-9-6-5-7-10-26/h5-21,32H,22-24H2,1-4H3,(H,35,39)/t32-/m1/s1. The highest BCUT2D eigenvalue weighted by Gasteiger charge is 2.34. The minimum Gasteiger partial charge on any atom is -0.497 e. The quantitative estimate of drug-likeness (QED) is 0.236. The molecule has 0 saturated carbocycles. The molecule has 4 rings (SSSR count). The third-order valence-corrected chi connectivity index (χ3v) is 9.04. The maximum Gasteiger partial charge on any atom is 0.264 e. The molecule has 10 heteroatoms. The second-order valence-corrected chi connectivity index (χ2v) is 12.1. The number of amides is 2. The van der Waals surface area contributed by atoms with Gasteiger partial charge in [-0.1, -0.05) is 60.2 Å². The van der Waals surface area contributed by atoms with Crippen molar-refractivity contribution in [2.75, 3.05) is 32.1 Å². The predicted octanol–water partition coefficient (Wildman–Crippen LogP) is 4.59. The lowest BCUT2D eigenvalue weighted by molar-refractivity contribution is -0.139. The highest BCUT2D eigenvalue weighted by atomic mass is 32.2. The minimum absolute atomic E-state index is 0.00171. The number of ether oxygens (including phenoxy) is 2. The first kappa shape index (κ1) is 32.1. The van der Waals surface area contributed by atoms with E-state index >= 15 is 0 Å². The number of benzene rings is 4. The van der Waals surface area contributed by atoms with E-state index in [2.05, 4.69) is 5.32 Å². The third-order valence-electron chi connectivity index (χ3n) is 7.25. The molecule has 0 fully saturated rings. The number of likely N-dealkylation sites (N-methyl/N-ethyl adjacent to an activating group) is 1. The van der Waals surface area contributed by atoms with Gasteiger partial charge >= 0.3 is 0 Å². The maximum absolute atomic E-state index is 14.4. The molecular formula is C34H37N3O6S. The number of sulfonamides is 1. The summed E-state index contributed by atoms with van der Waals surface area (Å²) in [4.78, 5) is 29.2. The highest BCUT2D eigenvalue weighted by molar-refractivity contribution is 7.92. The minimum atomic E-state index is -4.20. The Bertz CT molecular complexity index is 1660. The summed E-state index contributed by atoms with van der Waals surface area (Å²) in [6.45, 7) is 1.40. The summed E-state index contributed by atoms with van der Waals surface area (Å²) in [6.07, 6.45) is 0.228. The van der Waals surface area contributed by atoms with E-state index in [4.69, 9.17) is 9.47 Å². The van der Waals surface area contributed by atoms with E-state index in [0.717, 1.165) is 21.0 Å². The van der Waals surface area contributed by atoms with Gasteiger partial charge in [-0.05, 0) is 66.6 Å². The van der Waals surface area contributed by atoms with E-state index in [9.17, 15) is 18.0 Å². The Balaban J connectivity index is 1.79. The van der Waals surface area contributed by atoms with Crippen molar-refractivity contribution in [2.45, 2.75) is 30.8 Å². The molecule has 44 heavy (non-hydrogen) atoms. The Hall–Kier alpha value is -4.83. The van der Waals surface area contributed by atoms with Gasteiger partial charge in [0.1, 0.15) is 24.1 Å². The van der Waals surface area contributed by atoms with Gasteiger partial charge in [0.05, 0.1) is 24.8 Å². The molecule has 9 nitrogen and oxygen atoms in total. The number of nitrogens with one attached hydrogen (secondary N) is 1. The molecule has 4 aromatic carbocycles. The topological polar surface area (TPSA) is 105 Å². The van der Waals surface area contributed by atoms with Gasteiger partial charge in [0.2, 0.25) is 11.8 Å². The summed E-state index contributed by atoms with van der Waals surface area (Å²) in [5.41, 5.74) is 2.83. The molecule has 0 aromatic heterocycles. The van der Waals surface area contributed by atoms with Gasteiger partial charge in [-0.2, -0.15) is 0 Å². The number of methoxy groups -OCH3 is 2. The van der Waals surface area contributed by atoms with Crippen molar-refractivity contribution >= 4 is 27.5 Å². The SMILES string of the molecule is CNC(=O)[C@@H](Cc1ccccc1)N(Cc1cccc(OC)c1)C(=O)CN(c1ccc(C)cc1)S(=O)(=O)c1ccc(OC)cc1. The summed E-state index contributed by atoms with van der Waals surface area (Å²) in [7, 11) is 0.356. The van der Waals surface area contributed by atoms with Gasteiger partial charge < -0.3 is 19.7 Å². The molecule has 0 unspecified atom stereocenters. The second kappa shape index (κ2) is 14.6. The van der Waals surface area contributed by atoms with E-state index in [0.29, 0.717) is 17.2 Å². The monoisotopic (exact) mass is 615 g/mol. The van der Waals surface area contributed by atoms with Crippen LogP contribution >= 0.6 is 0 Å². The fourth-order valence-corrected chi connectivity index (χ4v) is 6.22. The van der Waals surface area contributed by atoms with Gasteiger partial charge in [0, 0.05) is 20.0 Å². The predicted molar refractivity (Wildman–Crippen MR) is 170 cm³/mol. The van der Waals surface area contributed by atoms with Gasteiger partial charge in [0.15, 0.2) is 0 Å². The van der Waals surface area contributed by atoms with Crippen LogP contribution in [0.2, 0.25) is 0 Å². The van der Waals surface area contributed by atoms with Crippen molar-refractivity contribution in [2.24, 2.45) is 0 Å². The van der Waals surface area contributed by atoms with Crippen molar-refractivity contribution in [3.05, 3.63) is 120 Å². The van der Waals surface area contributed by atoms with Crippen LogP contribution in [0.3, 0.4) is 0 Å². The van der Waals surface area contributed by atoms with Crippen LogP contribution in [-0.4, -0.2) is 59.0 Å². The van der Waals surface area contributed by atoms with Crippen molar-refractivity contribution in [3.8, 4) is 11.5 Å². The van der Waals surface area contributed by atoms with Crippen LogP contribution in [0.4, 0.5) is 5.69 Å². The summed E-state index contributed by atoms with van der Waals surface area (Å²) >= 11 is 0. The first-order valence-electron chi connectivity index (χ1n) is 14.1. The molecule has 1 atom stereocenters. The second-order valence-electron chi connectivity index (χ2n) is 10.2. The Morgan fingerprint density at radius 2 is 1.43 bits per heavy atom. The zero-order valence-electron chi connectivity index (χ0n) is 25.3. The van der Waals surface area contributed by atoms with Crippen LogP contribution in [0.1, 0.15) is 16.7 Å². The van der Waals surface area contributed by atoms with Crippen LogP contribution in [0.15, 0.2) is 108 Å². The van der Waals surface area contributed by atoms with Crippen molar-refractivity contribution in [3.63, 3.8) is 0 Å². The number of rotatable bonds is 13. The van der Waals surface area contributed by atoms with Crippen LogP contribution in [0.25, 0.3) is 0 Å². The number of aryl methyl sites for hydroxylation is 1. The molecule has 1 N–H and O–H groups in total. The summed E-state index contributed by atoms with van der Waals surface area (Å²) < 4.78 is 39.8. The Morgan fingerprint density at radius 1 is 0.795 bits per heavy atom. The van der Waals surface area contributed by atoms with Crippen LogP contribution in [-0.2, 0) is 32.6 Å². The Kier molecular flexibility index (Phi) is 10.6. The number of anilines is 1. The number of hydrogen-bond donors (Lipinski definition) is 1. The molecule has 0 spiro atoms. The first-order valence-corrected chi connectivity index (χ1v) is 15.5. The van der Waals surface area contributed by atoms with Crippen LogP contribution < -0.4 is 19.1 Å². The number of carbonyl (C=O) groups is 2. The van der Waals surface area contributed by atoms with Gasteiger partial charge in [-0.15, -0.1) is 0 Å². The number of hydrogen-bond acceptors (Lipinski definition) is 6. The van der Waals surface area contributed by atoms with E-state index in [1.807, 2.05) is 43.3 Å². The Morgan fingerprint density at radius 3 is 2.05 bits per heavy atom. The average molecular weight is 616 g/mol. The first-order chi connectivity index (χ1) is 21.2. The van der Waals surface area contributed by atoms with E-state index < -0.39 is 28.5 Å². The summed E-state index contributed by atoms with van der Waals surface area (Å²) in [5, 5.41) is 2.69. The molecular weight excluding hydrogens is 578 g/mol. The Labute approximate surface area is 259 Å². The highest BCUT2D eigenvalue weighted by Crippen LogP contribution is 2.27. The van der Waals surface area contributed by atoms with Crippen molar-refractivity contribution < 1.29 is 27.5 Å². The van der Waals surface area contributed by atoms with Crippen LogP contribution in [0, 0.1) is 6.92 Å². The van der Waals surface area contributed by atoms with Crippen molar-refractivity contribution in [1.82, 2.24) is 10.2 Å². The zero-order valence-corrected chi connectivity index (χ0v) is 26.1. The fourth-order valence-electron chi connectivity index (χ4n) is 4.80. The zero-order chi connectivity index (χ0) is 31.7. The van der Waals surface area contributed by atoms with Crippen molar-refractivity contribution in [1.29, 1.82) is 0 Å². The van der Waals surface area contributed by atoms with E-state index in [-0.39, 0.29) is 23.8 Å². The number of carbonyl (C=O) groups excluding carboxylic acids is 2. The van der Waals surface area contributed by atoms with E-state index in [1.165, 1.54) is 31.2 Å². The molecule has 0 bridgehead atoms. The van der Waals surface area contributed by atoms with E-state index in [1.54, 1.807) is 61.7 Å². The molecule has 0 saturated heterocycles. The molecule has 230 valence electrons. The summed E-state index contributed by atoms with van der Waals surface area (Å²) in [6, 6.07) is 28.5. The molecule has 0 aliphatic rings. The lowest BCUT2D eigenvalue weighted by atomic mass is 10.0. The van der Waals surface area contributed by atoms with Gasteiger partial charge in [-0.25, -0.2) is 8.42 Å². The van der Waals surface area contributed by atoms with Gasteiger partial charge in [-0.3, -0.25) is 13.9 Å². The average Bonchev–Trinajstić information content (AvgIpc) is 3.05. The molecule has 0 radical (unpaired) electrons. The summed E-state index contributed by atoms with van der Waals surface area (Å²) in [5.74, 6) is 0.179. The van der Waals surface area contributed by atoms with Crippen LogP contribution in [0.5, 0.6) is 11.5 Å². The fraction of sp³-hybridized carbons (Fsp3) is 0.235. The molecule has 0 heterocycles. The molecule has 0 aliphatic carbocycles. The smallest absolute Gasteiger partial charge is 0.264 e. The normalized spacial score (nSPS) is 11.7. The third kappa shape index (κ3) is 7.76. The molecule has 4 aromatic rings. The lowest BCUT2D eigenvalue weighted by Gasteiger charge is -2.33. The maximum atomic E-state index is 14.4. The number of nitrogens with zero attached hydrogens (tertiary/aromatic N) is 2. The molecule has 2 amide bonds. The molecule has 0 aliphatic heterocycles. The largest absolute Gasteiger partial charge is 0.497 e.